The average molecular weight is 460 g/mol. The third kappa shape index (κ3) is 7.94. The van der Waals surface area contributed by atoms with Crippen molar-refractivity contribution in [1.29, 1.82) is 0 Å². The van der Waals surface area contributed by atoms with Crippen LogP contribution in [0.5, 0.6) is 0 Å². The van der Waals surface area contributed by atoms with Gasteiger partial charge in [-0.3, -0.25) is 0 Å². The first kappa shape index (κ1) is 23.5. The number of rotatable bonds is 15. The van der Waals surface area contributed by atoms with Crippen molar-refractivity contribution in [3.63, 3.8) is 0 Å². The highest BCUT2D eigenvalue weighted by Gasteiger charge is 2.38. The lowest BCUT2D eigenvalue weighted by molar-refractivity contribution is -0.145. The molecule has 5 nitrogen and oxygen atoms in total. The van der Waals surface area contributed by atoms with Gasteiger partial charge in [-0.15, -0.1) is 6.58 Å². The zero-order valence-electron chi connectivity index (χ0n) is 15.2. The first-order chi connectivity index (χ1) is 11.1. The molecule has 0 aliphatic heterocycles. The van der Waals surface area contributed by atoms with Gasteiger partial charge in [0.2, 0.25) is 0 Å². The predicted octanol–water partition coefficient (Wildman–Crippen LogP) is 3.98. The van der Waals surface area contributed by atoms with Gasteiger partial charge in [0.05, 0.1) is 6.10 Å². The molecule has 0 saturated carbocycles. The Hall–Kier alpha value is 0.487. The van der Waals surface area contributed by atoms with E-state index in [1.165, 1.54) is 0 Å². The highest BCUT2D eigenvalue weighted by atomic mass is 127. The van der Waals surface area contributed by atoms with E-state index in [1.54, 1.807) is 20.3 Å². The minimum atomic E-state index is -1.81. The molecule has 0 unspecified atom stereocenters. The predicted molar refractivity (Wildman–Crippen MR) is 105 cm³/mol. The summed E-state index contributed by atoms with van der Waals surface area (Å²) in [6.07, 6.45) is 1.18. The van der Waals surface area contributed by atoms with Crippen LogP contribution in [0.25, 0.3) is 0 Å². The second-order valence-corrected chi connectivity index (χ2v) is 11.0. The molecule has 0 aromatic rings. The maximum atomic E-state index is 6.69. The summed E-state index contributed by atoms with van der Waals surface area (Å²) >= 11 is 2.31. The first-order valence-electron chi connectivity index (χ1n) is 8.15. The first-order valence-corrected chi connectivity index (χ1v) is 12.2. The topological polar surface area (TPSA) is 46.2 Å². The fourth-order valence-electron chi connectivity index (χ4n) is 2.47. The summed E-state index contributed by atoms with van der Waals surface area (Å²) < 4.78 is 29.2. The molecule has 0 N–H and O–H groups in total. The third-order valence-electron chi connectivity index (χ3n) is 4.17. The molecule has 7 heteroatoms. The van der Waals surface area contributed by atoms with Gasteiger partial charge in [-0.2, -0.15) is 0 Å². The molecule has 0 fully saturated rings. The molecule has 23 heavy (non-hydrogen) atoms. The number of methoxy groups -OCH3 is 2. The van der Waals surface area contributed by atoms with E-state index in [2.05, 4.69) is 49.9 Å². The summed E-state index contributed by atoms with van der Waals surface area (Å²) in [5.74, 6) is 0. The van der Waals surface area contributed by atoms with Crippen LogP contribution in [0.2, 0.25) is 18.1 Å². The van der Waals surface area contributed by atoms with Gasteiger partial charge in [0.25, 0.3) is 0 Å². The van der Waals surface area contributed by atoms with E-state index in [1.807, 2.05) is 0 Å². The SMILES string of the molecule is C=C[C@@H](OCOC)[C@H](O[Si](CC)(CC)CC)[C@@H](CI)OCOC. The van der Waals surface area contributed by atoms with Gasteiger partial charge in [-0.25, -0.2) is 0 Å². The minimum Gasteiger partial charge on any atom is -0.408 e. The van der Waals surface area contributed by atoms with Gasteiger partial charge in [0.15, 0.2) is 8.32 Å². The Balaban J connectivity index is 5.34. The Morgan fingerprint density at radius 2 is 1.52 bits per heavy atom. The molecule has 0 spiro atoms. The Labute approximate surface area is 156 Å². The van der Waals surface area contributed by atoms with Crippen molar-refractivity contribution in [1.82, 2.24) is 0 Å². The molecule has 0 amide bonds. The van der Waals surface area contributed by atoms with Gasteiger partial charge in [-0.1, -0.05) is 49.4 Å². The largest absolute Gasteiger partial charge is 0.408 e. The molecule has 0 aliphatic rings. The Bertz CT molecular complexity index is 294. The summed E-state index contributed by atoms with van der Waals surface area (Å²) in [4.78, 5) is 0. The van der Waals surface area contributed by atoms with Crippen LogP contribution in [-0.2, 0) is 23.4 Å². The summed E-state index contributed by atoms with van der Waals surface area (Å²) in [6, 6.07) is 3.22. The van der Waals surface area contributed by atoms with Gasteiger partial charge < -0.3 is 23.4 Å². The van der Waals surface area contributed by atoms with E-state index in [0.29, 0.717) is 0 Å². The average Bonchev–Trinajstić information content (AvgIpc) is 2.60. The van der Waals surface area contributed by atoms with Crippen molar-refractivity contribution in [2.45, 2.75) is 57.2 Å². The molecular weight excluding hydrogens is 427 g/mol. The third-order valence-corrected chi connectivity index (χ3v) is 9.68. The van der Waals surface area contributed by atoms with Crippen LogP contribution in [0.3, 0.4) is 0 Å². The molecule has 0 aromatic carbocycles. The highest BCUT2D eigenvalue weighted by Crippen LogP contribution is 2.28. The Kier molecular flexibility index (Phi) is 14.0. The molecule has 0 aliphatic carbocycles. The van der Waals surface area contributed by atoms with E-state index in [4.69, 9.17) is 23.4 Å². The van der Waals surface area contributed by atoms with Crippen molar-refractivity contribution >= 4 is 30.9 Å². The lowest BCUT2D eigenvalue weighted by Gasteiger charge is -2.39. The zero-order chi connectivity index (χ0) is 17.7. The Morgan fingerprint density at radius 1 is 1.00 bits per heavy atom. The maximum Gasteiger partial charge on any atom is 0.192 e. The quantitative estimate of drug-likeness (QED) is 0.122. The molecule has 0 aromatic heterocycles. The highest BCUT2D eigenvalue weighted by molar-refractivity contribution is 14.1. The van der Waals surface area contributed by atoms with E-state index < -0.39 is 8.32 Å². The van der Waals surface area contributed by atoms with Crippen molar-refractivity contribution in [3.8, 4) is 0 Å². The van der Waals surface area contributed by atoms with Crippen molar-refractivity contribution in [3.05, 3.63) is 12.7 Å². The Morgan fingerprint density at radius 3 is 1.91 bits per heavy atom. The number of ether oxygens (including phenoxy) is 4. The number of hydrogen-bond acceptors (Lipinski definition) is 5. The van der Waals surface area contributed by atoms with Crippen LogP contribution in [-0.4, -0.2) is 58.9 Å². The number of hydrogen-bond donors (Lipinski definition) is 0. The van der Waals surface area contributed by atoms with Gasteiger partial charge in [0.1, 0.15) is 25.8 Å². The lowest BCUT2D eigenvalue weighted by atomic mass is 10.1. The van der Waals surface area contributed by atoms with Crippen molar-refractivity contribution in [2.75, 3.05) is 32.2 Å². The van der Waals surface area contributed by atoms with Crippen LogP contribution in [0, 0.1) is 0 Å². The van der Waals surface area contributed by atoms with Gasteiger partial charge >= 0.3 is 0 Å². The lowest BCUT2D eigenvalue weighted by Crippen LogP contribution is -2.51. The van der Waals surface area contributed by atoms with Crippen LogP contribution in [0.15, 0.2) is 12.7 Å². The van der Waals surface area contributed by atoms with Crippen LogP contribution in [0.1, 0.15) is 20.8 Å². The zero-order valence-corrected chi connectivity index (χ0v) is 18.3. The van der Waals surface area contributed by atoms with Crippen molar-refractivity contribution < 1.29 is 23.4 Å². The molecule has 0 saturated heterocycles. The summed E-state index contributed by atoms with van der Waals surface area (Å²) in [5, 5.41) is 0. The van der Waals surface area contributed by atoms with Crippen LogP contribution >= 0.6 is 22.6 Å². The standard InChI is InChI=1S/C16H33IO5Si/c1-7-14(20-12-18-5)16(15(11-17)21-13-19-6)22-23(8-2,9-3)10-4/h7,14-16H,1,8-13H2,2-6H3/t14-,15-,16+/m1/s1. The molecule has 0 rings (SSSR count). The van der Waals surface area contributed by atoms with E-state index >= 15 is 0 Å². The number of halogens is 1. The van der Waals surface area contributed by atoms with Gasteiger partial charge in [-0.05, 0) is 18.1 Å². The summed E-state index contributed by atoms with van der Waals surface area (Å²) in [6.45, 7) is 11.0. The normalized spacial score (nSPS) is 16.1. The monoisotopic (exact) mass is 460 g/mol. The van der Waals surface area contributed by atoms with E-state index in [9.17, 15) is 0 Å². The second kappa shape index (κ2) is 13.7. The minimum absolute atomic E-state index is 0.119. The molecule has 0 radical (unpaired) electrons. The molecule has 3 atom stereocenters. The summed E-state index contributed by atoms with van der Waals surface area (Å²) in [5.41, 5.74) is 0. The molecule has 0 heterocycles. The molecule has 0 bridgehead atoms. The molecular formula is C16H33IO5Si. The second-order valence-electron chi connectivity index (χ2n) is 5.37. The van der Waals surface area contributed by atoms with E-state index in [0.717, 1.165) is 22.6 Å². The number of alkyl halides is 1. The van der Waals surface area contributed by atoms with Crippen LogP contribution in [0.4, 0.5) is 0 Å². The van der Waals surface area contributed by atoms with Crippen molar-refractivity contribution in [2.24, 2.45) is 0 Å². The fraction of sp³-hybridized carbons (Fsp3) is 0.875. The fourth-order valence-corrected chi connectivity index (χ4v) is 6.09. The van der Waals surface area contributed by atoms with E-state index in [-0.39, 0.29) is 31.9 Å². The van der Waals surface area contributed by atoms with Crippen LogP contribution < -0.4 is 0 Å². The maximum absolute atomic E-state index is 6.69. The smallest absolute Gasteiger partial charge is 0.192 e. The molecule has 138 valence electrons. The summed E-state index contributed by atoms with van der Waals surface area (Å²) in [7, 11) is 1.42. The van der Waals surface area contributed by atoms with Gasteiger partial charge in [0, 0.05) is 18.6 Å².